The van der Waals surface area contributed by atoms with Crippen molar-refractivity contribution in [1.82, 2.24) is 0 Å². The Hall–Kier alpha value is -0.530. The average molecular weight is 170 g/mol. The zero-order valence-corrected chi connectivity index (χ0v) is 8.39. The van der Waals surface area contributed by atoms with E-state index in [-0.39, 0.29) is 17.3 Å². The Morgan fingerprint density at radius 1 is 1.50 bits per heavy atom. The summed E-state index contributed by atoms with van der Waals surface area (Å²) in [6.07, 6.45) is 1.02. The van der Waals surface area contributed by atoms with Crippen molar-refractivity contribution < 1.29 is 9.53 Å². The second-order valence-corrected chi connectivity index (χ2v) is 4.57. The van der Waals surface area contributed by atoms with Gasteiger partial charge in [-0.05, 0) is 24.7 Å². The van der Waals surface area contributed by atoms with E-state index in [1.807, 2.05) is 6.92 Å². The Kier molecular flexibility index (Phi) is 2.45. The van der Waals surface area contributed by atoms with Gasteiger partial charge in [0.1, 0.15) is 0 Å². The van der Waals surface area contributed by atoms with Crippen molar-refractivity contribution in [3.05, 3.63) is 0 Å². The van der Waals surface area contributed by atoms with Gasteiger partial charge in [-0.15, -0.1) is 0 Å². The molecule has 1 rings (SSSR count). The van der Waals surface area contributed by atoms with Crippen molar-refractivity contribution >= 4 is 5.97 Å². The van der Waals surface area contributed by atoms with Crippen LogP contribution in [0.5, 0.6) is 0 Å². The third-order valence-electron chi connectivity index (χ3n) is 2.49. The minimum Gasteiger partial charge on any atom is -0.466 e. The van der Waals surface area contributed by atoms with Gasteiger partial charge in [-0.2, -0.15) is 0 Å². The normalized spacial score (nSPS) is 28.3. The minimum absolute atomic E-state index is 0.00238. The maximum atomic E-state index is 11.2. The van der Waals surface area contributed by atoms with E-state index >= 15 is 0 Å². The number of esters is 1. The lowest BCUT2D eigenvalue weighted by atomic mass is 9.89. The Morgan fingerprint density at radius 3 is 2.42 bits per heavy atom. The molecular weight excluding hydrogens is 152 g/mol. The van der Waals surface area contributed by atoms with Crippen LogP contribution in [0.15, 0.2) is 0 Å². The average Bonchev–Trinajstić information content (AvgIpc) is 2.62. The fraction of sp³-hybridized carbons (Fsp3) is 0.900. The maximum absolute atomic E-state index is 11.2. The second-order valence-electron chi connectivity index (χ2n) is 4.57. The van der Waals surface area contributed by atoms with Gasteiger partial charge in [0.2, 0.25) is 0 Å². The summed E-state index contributed by atoms with van der Waals surface area (Å²) >= 11 is 0. The summed E-state index contributed by atoms with van der Waals surface area (Å²) in [5, 5.41) is 0. The maximum Gasteiger partial charge on any atom is 0.309 e. The molecular formula is C10H18O2. The summed E-state index contributed by atoms with van der Waals surface area (Å²) in [6.45, 7) is 8.89. The van der Waals surface area contributed by atoms with Crippen molar-refractivity contribution in [2.45, 2.75) is 34.1 Å². The number of hydrogen-bond donors (Lipinski definition) is 0. The largest absolute Gasteiger partial charge is 0.466 e. The zero-order chi connectivity index (χ0) is 9.35. The molecule has 70 valence electrons. The van der Waals surface area contributed by atoms with E-state index in [1.165, 1.54) is 0 Å². The van der Waals surface area contributed by atoms with Crippen molar-refractivity contribution in [3.63, 3.8) is 0 Å². The number of carbonyl (C=O) groups excluding carboxylic acids is 1. The van der Waals surface area contributed by atoms with E-state index in [4.69, 9.17) is 4.74 Å². The van der Waals surface area contributed by atoms with E-state index in [1.54, 1.807) is 0 Å². The standard InChI is InChI=1S/C10H18O2/c1-5-12-9(11)7-6-8(7)10(2,3)4/h7-8H,5-6H2,1-4H3/t7-,8-/m1/s1. The summed E-state index contributed by atoms with van der Waals surface area (Å²) in [5.41, 5.74) is 0.261. The van der Waals surface area contributed by atoms with E-state index in [0.29, 0.717) is 12.5 Å². The van der Waals surface area contributed by atoms with Crippen LogP contribution in [0.25, 0.3) is 0 Å². The molecule has 0 aliphatic heterocycles. The van der Waals surface area contributed by atoms with E-state index in [9.17, 15) is 4.79 Å². The molecule has 0 spiro atoms. The third kappa shape index (κ3) is 1.99. The number of carbonyl (C=O) groups is 1. The molecule has 0 amide bonds. The molecule has 2 atom stereocenters. The van der Waals surface area contributed by atoms with E-state index < -0.39 is 0 Å². The molecule has 1 saturated carbocycles. The molecule has 0 aromatic rings. The highest BCUT2D eigenvalue weighted by Crippen LogP contribution is 2.51. The predicted molar refractivity (Wildman–Crippen MR) is 47.7 cm³/mol. The summed E-state index contributed by atoms with van der Waals surface area (Å²) < 4.78 is 4.95. The van der Waals surface area contributed by atoms with Crippen LogP contribution in [0.3, 0.4) is 0 Å². The lowest BCUT2D eigenvalue weighted by Crippen LogP contribution is -2.15. The quantitative estimate of drug-likeness (QED) is 0.594. The van der Waals surface area contributed by atoms with Crippen LogP contribution in [0.2, 0.25) is 0 Å². The fourth-order valence-corrected chi connectivity index (χ4v) is 1.66. The first-order valence-electron chi connectivity index (χ1n) is 4.63. The Bertz CT molecular complexity index is 179. The molecule has 0 radical (unpaired) electrons. The van der Waals surface area contributed by atoms with Crippen molar-refractivity contribution in [3.8, 4) is 0 Å². The van der Waals surface area contributed by atoms with Gasteiger partial charge in [-0.3, -0.25) is 4.79 Å². The monoisotopic (exact) mass is 170 g/mol. The first kappa shape index (κ1) is 9.56. The number of ether oxygens (including phenoxy) is 1. The number of rotatable bonds is 2. The van der Waals surface area contributed by atoms with Gasteiger partial charge in [0, 0.05) is 0 Å². The minimum atomic E-state index is -0.00238. The third-order valence-corrected chi connectivity index (χ3v) is 2.49. The Morgan fingerprint density at radius 2 is 2.08 bits per heavy atom. The number of hydrogen-bond acceptors (Lipinski definition) is 2. The molecule has 1 aliphatic rings. The zero-order valence-electron chi connectivity index (χ0n) is 8.39. The Balaban J connectivity index is 2.37. The smallest absolute Gasteiger partial charge is 0.309 e. The summed E-state index contributed by atoms with van der Waals surface area (Å²) in [7, 11) is 0. The first-order valence-corrected chi connectivity index (χ1v) is 4.63. The molecule has 0 aromatic heterocycles. The molecule has 0 aromatic carbocycles. The molecule has 0 unspecified atom stereocenters. The van der Waals surface area contributed by atoms with Gasteiger partial charge < -0.3 is 4.74 Å². The highest BCUT2D eigenvalue weighted by molar-refractivity contribution is 5.75. The fourth-order valence-electron chi connectivity index (χ4n) is 1.66. The second kappa shape index (κ2) is 3.08. The molecule has 1 aliphatic carbocycles. The molecule has 2 heteroatoms. The van der Waals surface area contributed by atoms with Crippen LogP contribution in [0.4, 0.5) is 0 Å². The molecule has 0 heterocycles. The van der Waals surface area contributed by atoms with Crippen molar-refractivity contribution in [2.24, 2.45) is 17.3 Å². The van der Waals surface area contributed by atoms with Crippen LogP contribution >= 0.6 is 0 Å². The van der Waals surface area contributed by atoms with E-state index in [0.717, 1.165) is 6.42 Å². The summed E-state index contributed by atoms with van der Waals surface area (Å²) in [6, 6.07) is 0. The van der Waals surface area contributed by atoms with Gasteiger partial charge in [-0.25, -0.2) is 0 Å². The summed E-state index contributed by atoms with van der Waals surface area (Å²) in [4.78, 5) is 11.2. The lowest BCUT2D eigenvalue weighted by Gasteiger charge is -2.17. The molecule has 0 bridgehead atoms. The van der Waals surface area contributed by atoms with Crippen LogP contribution in [-0.4, -0.2) is 12.6 Å². The highest BCUT2D eigenvalue weighted by Gasteiger charge is 2.50. The highest BCUT2D eigenvalue weighted by atomic mass is 16.5. The van der Waals surface area contributed by atoms with Gasteiger partial charge >= 0.3 is 5.97 Å². The molecule has 1 fully saturated rings. The molecule has 0 saturated heterocycles. The van der Waals surface area contributed by atoms with Gasteiger partial charge in [0.25, 0.3) is 0 Å². The van der Waals surface area contributed by atoms with Crippen molar-refractivity contribution in [2.75, 3.05) is 6.61 Å². The molecule has 2 nitrogen and oxygen atoms in total. The SMILES string of the molecule is CCOC(=O)[C@@H]1C[C@H]1C(C)(C)C. The van der Waals surface area contributed by atoms with Crippen LogP contribution < -0.4 is 0 Å². The van der Waals surface area contributed by atoms with Crippen LogP contribution in [0.1, 0.15) is 34.1 Å². The molecule has 12 heavy (non-hydrogen) atoms. The lowest BCUT2D eigenvalue weighted by molar-refractivity contribution is -0.145. The molecule has 0 N–H and O–H groups in total. The van der Waals surface area contributed by atoms with Crippen LogP contribution in [-0.2, 0) is 9.53 Å². The summed E-state index contributed by atoms with van der Waals surface area (Å²) in [5.74, 6) is 0.721. The van der Waals surface area contributed by atoms with Gasteiger partial charge in [0.05, 0.1) is 12.5 Å². The van der Waals surface area contributed by atoms with Gasteiger partial charge in [-0.1, -0.05) is 20.8 Å². The predicted octanol–water partition coefficient (Wildman–Crippen LogP) is 2.23. The van der Waals surface area contributed by atoms with Gasteiger partial charge in [0.15, 0.2) is 0 Å². The van der Waals surface area contributed by atoms with Crippen LogP contribution in [0, 0.1) is 17.3 Å². The first-order chi connectivity index (χ1) is 5.46. The van der Waals surface area contributed by atoms with E-state index in [2.05, 4.69) is 20.8 Å². The van der Waals surface area contributed by atoms with Crippen molar-refractivity contribution in [1.29, 1.82) is 0 Å². The topological polar surface area (TPSA) is 26.3 Å². The Labute approximate surface area is 74.3 Å².